The molecule has 1 aliphatic heterocycles. The third-order valence-electron chi connectivity index (χ3n) is 3.59. The van der Waals surface area contributed by atoms with E-state index >= 15 is 0 Å². The van der Waals surface area contributed by atoms with E-state index in [0.717, 1.165) is 32.7 Å². The van der Waals surface area contributed by atoms with E-state index in [9.17, 15) is 4.79 Å². The Morgan fingerprint density at radius 2 is 2.26 bits per heavy atom. The quantitative estimate of drug-likeness (QED) is 0.705. The fourth-order valence-electron chi connectivity index (χ4n) is 2.43. The molecule has 0 spiro atoms. The minimum Gasteiger partial charge on any atom is -0.374 e. The molecule has 1 aliphatic rings. The third-order valence-corrected chi connectivity index (χ3v) is 3.59. The normalized spacial score (nSPS) is 22.5. The van der Waals surface area contributed by atoms with Crippen molar-refractivity contribution in [3.63, 3.8) is 0 Å². The van der Waals surface area contributed by atoms with E-state index in [0.29, 0.717) is 19.0 Å². The number of nitrogens with two attached hydrogens (primary N) is 1. The van der Waals surface area contributed by atoms with Gasteiger partial charge in [-0.05, 0) is 18.9 Å². The van der Waals surface area contributed by atoms with E-state index in [1.54, 1.807) is 0 Å². The second-order valence-electron chi connectivity index (χ2n) is 5.69. The minimum absolute atomic E-state index is 0.0634. The van der Waals surface area contributed by atoms with Crippen LogP contribution in [0.4, 0.5) is 0 Å². The molecule has 0 radical (unpaired) electrons. The van der Waals surface area contributed by atoms with Gasteiger partial charge in [-0.1, -0.05) is 20.8 Å². The van der Waals surface area contributed by atoms with E-state index in [-0.39, 0.29) is 17.9 Å². The predicted molar refractivity (Wildman–Crippen MR) is 76.9 cm³/mol. The number of hydrogen-bond donors (Lipinski definition) is 2. The summed E-state index contributed by atoms with van der Waals surface area (Å²) in [5.74, 6) is 0.472. The Kier molecular flexibility index (Phi) is 7.34. The largest absolute Gasteiger partial charge is 0.374 e. The van der Waals surface area contributed by atoms with E-state index < -0.39 is 0 Å². The van der Waals surface area contributed by atoms with Gasteiger partial charge in [-0.15, -0.1) is 0 Å². The molecule has 2 unspecified atom stereocenters. The summed E-state index contributed by atoms with van der Waals surface area (Å²) in [7, 11) is 0. The number of carbonyl (C=O) groups is 1. The Morgan fingerprint density at radius 3 is 2.84 bits per heavy atom. The summed E-state index contributed by atoms with van der Waals surface area (Å²) < 4.78 is 5.67. The molecule has 5 heteroatoms. The molecule has 1 fully saturated rings. The molecule has 1 heterocycles. The number of carbonyl (C=O) groups excluding carboxylic acids is 1. The second-order valence-corrected chi connectivity index (χ2v) is 5.69. The van der Waals surface area contributed by atoms with Gasteiger partial charge < -0.3 is 15.8 Å². The maximum Gasteiger partial charge on any atom is 0.224 e. The van der Waals surface area contributed by atoms with Crippen molar-refractivity contribution in [1.82, 2.24) is 10.2 Å². The van der Waals surface area contributed by atoms with Gasteiger partial charge in [-0.25, -0.2) is 0 Å². The lowest BCUT2D eigenvalue weighted by atomic mass is 9.96. The maximum absolute atomic E-state index is 12.0. The van der Waals surface area contributed by atoms with Gasteiger partial charge in [0, 0.05) is 26.2 Å². The number of hydrogen-bond acceptors (Lipinski definition) is 4. The highest BCUT2D eigenvalue weighted by Gasteiger charge is 2.22. The number of nitrogens with one attached hydrogen (secondary N) is 1. The van der Waals surface area contributed by atoms with Gasteiger partial charge in [0.15, 0.2) is 0 Å². The molecule has 1 saturated heterocycles. The lowest BCUT2D eigenvalue weighted by molar-refractivity contribution is -0.126. The Bertz CT molecular complexity index is 271. The number of morpholine rings is 1. The molecule has 5 nitrogen and oxygen atoms in total. The molecular weight excluding hydrogens is 242 g/mol. The fourth-order valence-corrected chi connectivity index (χ4v) is 2.43. The molecule has 0 saturated carbocycles. The zero-order valence-electron chi connectivity index (χ0n) is 12.5. The second kappa shape index (κ2) is 8.51. The van der Waals surface area contributed by atoms with Crippen LogP contribution in [-0.2, 0) is 9.53 Å². The number of nitrogens with zero attached hydrogens (tertiary/aromatic N) is 1. The van der Waals surface area contributed by atoms with Gasteiger partial charge in [-0.2, -0.15) is 0 Å². The van der Waals surface area contributed by atoms with E-state index in [2.05, 4.69) is 31.0 Å². The Balaban J connectivity index is 2.32. The predicted octanol–water partition coefficient (Wildman–Crippen LogP) is 0.444. The summed E-state index contributed by atoms with van der Waals surface area (Å²) >= 11 is 0. The lowest BCUT2D eigenvalue weighted by Crippen LogP contribution is -2.48. The molecule has 112 valence electrons. The van der Waals surface area contributed by atoms with Crippen LogP contribution in [0.2, 0.25) is 0 Å². The van der Waals surface area contributed by atoms with Crippen LogP contribution in [0.3, 0.4) is 0 Å². The van der Waals surface area contributed by atoms with Crippen LogP contribution in [0.5, 0.6) is 0 Å². The molecule has 0 bridgehead atoms. The van der Waals surface area contributed by atoms with Gasteiger partial charge in [-0.3, -0.25) is 9.69 Å². The first kappa shape index (κ1) is 16.4. The smallest absolute Gasteiger partial charge is 0.224 e. The van der Waals surface area contributed by atoms with E-state index in [1.807, 2.05) is 0 Å². The van der Waals surface area contributed by atoms with Crippen molar-refractivity contribution in [2.75, 3.05) is 39.3 Å². The summed E-state index contributed by atoms with van der Waals surface area (Å²) in [5.41, 5.74) is 5.67. The first-order valence-corrected chi connectivity index (χ1v) is 7.38. The first-order chi connectivity index (χ1) is 9.06. The molecule has 3 N–H and O–H groups in total. The van der Waals surface area contributed by atoms with Crippen LogP contribution in [0.15, 0.2) is 0 Å². The van der Waals surface area contributed by atoms with Crippen molar-refractivity contribution in [2.45, 2.75) is 33.3 Å². The van der Waals surface area contributed by atoms with Crippen LogP contribution in [0, 0.1) is 11.8 Å². The molecule has 0 aliphatic carbocycles. The van der Waals surface area contributed by atoms with Gasteiger partial charge in [0.05, 0.1) is 18.6 Å². The van der Waals surface area contributed by atoms with Gasteiger partial charge in [0.25, 0.3) is 0 Å². The highest BCUT2D eigenvalue weighted by Crippen LogP contribution is 2.11. The number of ether oxygens (including phenoxy) is 1. The highest BCUT2D eigenvalue weighted by atomic mass is 16.5. The van der Waals surface area contributed by atoms with Crippen molar-refractivity contribution in [2.24, 2.45) is 17.6 Å². The third kappa shape index (κ3) is 5.89. The van der Waals surface area contributed by atoms with Gasteiger partial charge in [0.2, 0.25) is 5.91 Å². The molecule has 0 aromatic carbocycles. The molecule has 0 aromatic heterocycles. The Morgan fingerprint density at radius 1 is 1.53 bits per heavy atom. The van der Waals surface area contributed by atoms with Crippen LogP contribution in [0.25, 0.3) is 0 Å². The topological polar surface area (TPSA) is 67.6 Å². The number of likely N-dealkylation sites (N-methyl/N-ethyl adjacent to an activating group) is 1. The van der Waals surface area contributed by atoms with Crippen LogP contribution in [0.1, 0.15) is 27.2 Å². The zero-order valence-corrected chi connectivity index (χ0v) is 12.5. The molecular formula is C14H29N3O2. The van der Waals surface area contributed by atoms with Crippen molar-refractivity contribution >= 4 is 5.91 Å². The van der Waals surface area contributed by atoms with Crippen LogP contribution >= 0.6 is 0 Å². The average molecular weight is 271 g/mol. The van der Waals surface area contributed by atoms with Crippen molar-refractivity contribution in [3.05, 3.63) is 0 Å². The van der Waals surface area contributed by atoms with Crippen LogP contribution < -0.4 is 11.1 Å². The summed E-state index contributed by atoms with van der Waals surface area (Å²) in [5, 5.41) is 2.98. The maximum atomic E-state index is 12.0. The van der Waals surface area contributed by atoms with E-state index in [4.69, 9.17) is 10.5 Å². The summed E-state index contributed by atoms with van der Waals surface area (Å²) in [6, 6.07) is 0. The Hall–Kier alpha value is -0.650. The molecule has 1 rings (SSSR count). The zero-order chi connectivity index (χ0) is 14.3. The highest BCUT2D eigenvalue weighted by molar-refractivity contribution is 5.78. The van der Waals surface area contributed by atoms with Crippen molar-refractivity contribution < 1.29 is 9.53 Å². The monoisotopic (exact) mass is 271 g/mol. The lowest BCUT2D eigenvalue weighted by Gasteiger charge is -2.32. The first-order valence-electron chi connectivity index (χ1n) is 7.38. The van der Waals surface area contributed by atoms with E-state index in [1.165, 1.54) is 0 Å². The molecule has 1 amide bonds. The van der Waals surface area contributed by atoms with Gasteiger partial charge >= 0.3 is 0 Å². The minimum atomic E-state index is -0.0779. The SMILES string of the molecule is CCN1CCOC(CNC(=O)C(CN)CC(C)C)C1. The average Bonchev–Trinajstić information content (AvgIpc) is 2.42. The van der Waals surface area contributed by atoms with Crippen LogP contribution in [-0.4, -0.2) is 56.2 Å². The fraction of sp³-hybridized carbons (Fsp3) is 0.929. The standard InChI is InChI=1S/C14H29N3O2/c1-4-17-5-6-19-13(10-17)9-16-14(18)12(8-15)7-11(2)3/h11-13H,4-10,15H2,1-3H3,(H,16,18). The molecule has 19 heavy (non-hydrogen) atoms. The Labute approximate surface area is 116 Å². The number of amides is 1. The molecule has 0 aromatic rings. The summed E-state index contributed by atoms with van der Waals surface area (Å²) in [6.45, 7) is 11.0. The number of rotatable bonds is 7. The van der Waals surface area contributed by atoms with Gasteiger partial charge in [0.1, 0.15) is 0 Å². The van der Waals surface area contributed by atoms with Crippen molar-refractivity contribution in [3.8, 4) is 0 Å². The van der Waals surface area contributed by atoms with Crippen molar-refractivity contribution in [1.29, 1.82) is 0 Å². The summed E-state index contributed by atoms with van der Waals surface area (Å²) in [6.07, 6.45) is 0.949. The summed E-state index contributed by atoms with van der Waals surface area (Å²) in [4.78, 5) is 14.4. The molecule has 2 atom stereocenters.